The molecule has 4 heteroatoms. The minimum Gasteiger partial charge on any atom is -0.451 e. The second kappa shape index (κ2) is 8.28. The van der Waals surface area contributed by atoms with Crippen LogP contribution in [-0.4, -0.2) is 9.13 Å². The van der Waals surface area contributed by atoms with Crippen LogP contribution in [-0.2, 0) is 0 Å². The minimum atomic E-state index is 0.564. The molecule has 1 atom stereocenters. The van der Waals surface area contributed by atoms with Crippen molar-refractivity contribution >= 4 is 59.7 Å². The smallest absolute Gasteiger partial charge is 0.170 e. The van der Waals surface area contributed by atoms with E-state index in [1.807, 2.05) is 6.07 Å². The molecule has 3 nitrogen and oxygen atoms in total. The van der Waals surface area contributed by atoms with Crippen LogP contribution in [0.2, 0.25) is 0 Å². The molecular weight excluding hydrogens is 460 g/mol. The van der Waals surface area contributed by atoms with Crippen LogP contribution >= 0.6 is 11.3 Å². The highest BCUT2D eigenvalue weighted by Gasteiger charge is 2.17. The molecule has 1 aliphatic carbocycles. The fraction of sp³-hybridized carbons (Fsp3) is 0.125. The summed E-state index contributed by atoms with van der Waals surface area (Å²) in [5, 5.41) is 0. The van der Waals surface area contributed by atoms with E-state index in [0.717, 1.165) is 44.5 Å². The van der Waals surface area contributed by atoms with Crippen molar-refractivity contribution in [2.75, 3.05) is 0 Å². The van der Waals surface area contributed by atoms with Gasteiger partial charge in [-0.3, -0.25) is 0 Å². The first-order valence-corrected chi connectivity index (χ1v) is 13.2. The molecule has 0 bridgehead atoms. The molecule has 0 saturated heterocycles. The third-order valence-electron chi connectivity index (χ3n) is 7.03. The molecular formula is C32H26N2OS. The monoisotopic (exact) mass is 486 g/mol. The molecule has 0 fully saturated rings. The van der Waals surface area contributed by atoms with Crippen LogP contribution in [0.1, 0.15) is 18.9 Å². The number of nitrogens with zero attached hydrogens (tertiary/aromatic N) is 2. The Hall–Kier alpha value is -4.02. The molecule has 1 aliphatic rings. The number of benzene rings is 4. The van der Waals surface area contributed by atoms with Crippen LogP contribution in [0.4, 0.5) is 0 Å². The molecule has 7 rings (SSSR count). The average Bonchev–Trinajstić information content (AvgIpc) is 2.92. The highest BCUT2D eigenvalue weighted by atomic mass is 32.1. The lowest BCUT2D eigenvalue weighted by molar-refractivity contribution is 0.657. The maximum absolute atomic E-state index is 6.69. The van der Waals surface area contributed by atoms with E-state index in [1.54, 1.807) is 11.3 Å². The number of para-hydroxylation sites is 3. The van der Waals surface area contributed by atoms with Gasteiger partial charge < -0.3 is 13.6 Å². The Morgan fingerprint density at radius 2 is 1.53 bits per heavy atom. The van der Waals surface area contributed by atoms with Crippen LogP contribution in [0.25, 0.3) is 54.0 Å². The number of allylic oxidation sites excluding steroid dienone is 4. The van der Waals surface area contributed by atoms with E-state index in [4.69, 9.17) is 4.42 Å². The molecule has 0 spiro atoms. The van der Waals surface area contributed by atoms with Crippen molar-refractivity contribution in [3.05, 3.63) is 109 Å². The Bertz CT molecular complexity index is 1890. The Morgan fingerprint density at radius 3 is 2.33 bits per heavy atom. The molecule has 176 valence electrons. The topological polar surface area (TPSA) is 23.0 Å². The molecule has 0 saturated carbocycles. The van der Waals surface area contributed by atoms with Crippen molar-refractivity contribution < 1.29 is 4.42 Å². The van der Waals surface area contributed by atoms with E-state index in [2.05, 4.69) is 120 Å². The first-order valence-electron chi connectivity index (χ1n) is 12.4. The molecule has 0 amide bonds. The van der Waals surface area contributed by atoms with Gasteiger partial charge in [0, 0.05) is 11.4 Å². The SMILES string of the molecule is Cc1ccc(-n2c3ccccc3oc3c4sc5ccccc5n(C5=CC[C@@H](C)C=C5)c4ccc32)cc1. The second-order valence-electron chi connectivity index (χ2n) is 9.61. The highest BCUT2D eigenvalue weighted by Crippen LogP contribution is 2.39. The zero-order valence-corrected chi connectivity index (χ0v) is 21.1. The zero-order valence-electron chi connectivity index (χ0n) is 20.3. The number of fused-ring (bicyclic) bond motifs is 5. The van der Waals surface area contributed by atoms with Crippen LogP contribution in [0, 0.1) is 12.8 Å². The number of rotatable bonds is 2. The summed E-state index contributed by atoms with van der Waals surface area (Å²) < 4.78 is 13.8. The lowest BCUT2D eigenvalue weighted by Gasteiger charge is -2.21. The molecule has 4 aromatic carbocycles. The van der Waals surface area contributed by atoms with Gasteiger partial charge in [0.1, 0.15) is 0 Å². The number of hydrogen-bond donors (Lipinski definition) is 0. The van der Waals surface area contributed by atoms with Crippen molar-refractivity contribution in [3.63, 3.8) is 0 Å². The Labute approximate surface area is 213 Å². The van der Waals surface area contributed by atoms with Gasteiger partial charge >= 0.3 is 0 Å². The second-order valence-corrected chi connectivity index (χ2v) is 10.7. The van der Waals surface area contributed by atoms with Gasteiger partial charge in [-0.15, -0.1) is 11.3 Å². The molecule has 0 unspecified atom stereocenters. The third kappa shape index (κ3) is 3.33. The van der Waals surface area contributed by atoms with E-state index < -0.39 is 0 Å². The number of aryl methyl sites for hydroxylation is 1. The summed E-state index contributed by atoms with van der Waals surface area (Å²) in [5.74, 6) is 0.564. The Kier molecular flexibility index (Phi) is 4.90. The molecule has 2 heterocycles. The van der Waals surface area contributed by atoms with Crippen molar-refractivity contribution in [2.45, 2.75) is 20.3 Å². The van der Waals surface area contributed by atoms with Gasteiger partial charge in [0.2, 0.25) is 0 Å². The summed E-state index contributed by atoms with van der Waals surface area (Å²) in [5.41, 5.74) is 9.86. The summed E-state index contributed by atoms with van der Waals surface area (Å²) in [7, 11) is 0. The first kappa shape index (κ1) is 21.3. The van der Waals surface area contributed by atoms with Gasteiger partial charge in [0.15, 0.2) is 11.2 Å². The van der Waals surface area contributed by atoms with Gasteiger partial charge in [0.25, 0.3) is 0 Å². The predicted molar refractivity (Wildman–Crippen MR) is 153 cm³/mol. The molecule has 2 aromatic heterocycles. The summed E-state index contributed by atoms with van der Waals surface area (Å²) >= 11 is 1.80. The molecule has 36 heavy (non-hydrogen) atoms. The fourth-order valence-electron chi connectivity index (χ4n) is 5.16. The largest absolute Gasteiger partial charge is 0.451 e. The van der Waals surface area contributed by atoms with Crippen molar-refractivity contribution in [3.8, 4) is 5.69 Å². The highest BCUT2D eigenvalue weighted by molar-refractivity contribution is 7.25. The van der Waals surface area contributed by atoms with E-state index in [0.29, 0.717) is 5.92 Å². The van der Waals surface area contributed by atoms with Crippen LogP contribution in [0.3, 0.4) is 0 Å². The van der Waals surface area contributed by atoms with Crippen molar-refractivity contribution in [1.29, 1.82) is 0 Å². The zero-order chi connectivity index (χ0) is 24.2. The minimum absolute atomic E-state index is 0.564. The van der Waals surface area contributed by atoms with Crippen LogP contribution in [0.5, 0.6) is 0 Å². The maximum atomic E-state index is 6.69. The van der Waals surface area contributed by atoms with Gasteiger partial charge in [-0.2, -0.15) is 0 Å². The fourth-order valence-corrected chi connectivity index (χ4v) is 6.29. The lowest BCUT2D eigenvalue weighted by Crippen LogP contribution is -2.05. The predicted octanol–water partition coefficient (Wildman–Crippen LogP) is 9.42. The van der Waals surface area contributed by atoms with Gasteiger partial charge in [-0.1, -0.05) is 61.0 Å². The quantitative estimate of drug-likeness (QED) is 0.177. The maximum Gasteiger partial charge on any atom is 0.170 e. The number of aromatic nitrogens is 2. The van der Waals surface area contributed by atoms with Crippen molar-refractivity contribution in [2.24, 2.45) is 5.92 Å². The summed E-state index contributed by atoms with van der Waals surface area (Å²) in [4.78, 5) is 0. The van der Waals surface area contributed by atoms with E-state index in [9.17, 15) is 0 Å². The van der Waals surface area contributed by atoms with E-state index in [1.165, 1.54) is 21.5 Å². The Balaban J connectivity index is 1.65. The van der Waals surface area contributed by atoms with E-state index >= 15 is 0 Å². The lowest BCUT2D eigenvalue weighted by atomic mass is 10.0. The Morgan fingerprint density at radius 1 is 0.778 bits per heavy atom. The van der Waals surface area contributed by atoms with Crippen molar-refractivity contribution in [1.82, 2.24) is 9.13 Å². The molecule has 0 N–H and O–H groups in total. The molecule has 6 aromatic rings. The number of hydrogen-bond acceptors (Lipinski definition) is 2. The summed E-state index contributed by atoms with van der Waals surface area (Å²) in [6.07, 6.45) is 7.97. The summed E-state index contributed by atoms with van der Waals surface area (Å²) in [6.45, 7) is 4.39. The van der Waals surface area contributed by atoms with Gasteiger partial charge in [0.05, 0.1) is 31.5 Å². The molecule has 0 aliphatic heterocycles. The van der Waals surface area contributed by atoms with Gasteiger partial charge in [-0.25, -0.2) is 0 Å². The standard InChI is InChI=1S/C32H26N2OS/c1-21-11-15-23(16-12-21)33-25-7-3-5-9-29(25)35-31-27(33)19-20-28-32(31)36-30-10-6-4-8-26(30)34(28)24-17-13-22(2)14-18-24/h3-13,15-20,22H,14H2,1-2H3/t22-/m0/s1. The van der Waals surface area contributed by atoms with Crippen LogP contribution < -0.4 is 0 Å². The molecule has 0 radical (unpaired) electrons. The summed E-state index contributed by atoms with van der Waals surface area (Å²) in [6, 6.07) is 30.1. The van der Waals surface area contributed by atoms with Gasteiger partial charge in [-0.05, 0) is 73.9 Å². The van der Waals surface area contributed by atoms with E-state index in [-0.39, 0.29) is 0 Å². The first-order chi connectivity index (χ1) is 17.7. The van der Waals surface area contributed by atoms with Crippen LogP contribution in [0.15, 0.2) is 108 Å². The average molecular weight is 487 g/mol. The third-order valence-corrected chi connectivity index (χ3v) is 8.20. The normalized spacial score (nSPS) is 15.7.